The number of benzene rings is 1. The molecule has 0 saturated heterocycles. The SMILES string of the molecule is CCOC(=O)c1nccn1C1(CC)Cc2c(NC(C)=O)cccc2C1=O. The number of nitrogens with zero attached hydrogens (tertiary/aromatic N) is 2. The van der Waals surface area contributed by atoms with Gasteiger partial charge in [-0.1, -0.05) is 19.1 Å². The van der Waals surface area contributed by atoms with Crippen molar-refractivity contribution in [3.05, 3.63) is 47.5 Å². The van der Waals surface area contributed by atoms with Gasteiger partial charge in [0, 0.05) is 37.0 Å². The predicted octanol–water partition coefficient (Wildman–Crippen LogP) is 2.56. The number of ketones is 1. The van der Waals surface area contributed by atoms with Crippen LogP contribution in [-0.4, -0.2) is 33.8 Å². The number of anilines is 1. The number of nitrogens with one attached hydrogen (secondary N) is 1. The highest BCUT2D eigenvalue weighted by atomic mass is 16.5. The third kappa shape index (κ3) is 2.69. The first kappa shape index (κ1) is 17.8. The zero-order valence-electron chi connectivity index (χ0n) is 15.0. The second kappa shape index (κ2) is 6.74. The van der Waals surface area contributed by atoms with Crippen LogP contribution >= 0.6 is 0 Å². The van der Waals surface area contributed by atoms with E-state index in [1.54, 1.807) is 35.9 Å². The van der Waals surface area contributed by atoms with E-state index in [1.807, 2.05) is 6.92 Å². The molecule has 0 radical (unpaired) electrons. The number of Topliss-reactive ketones (excluding diaryl/α,β-unsaturated/α-hetero) is 1. The molecule has 1 N–H and O–H groups in total. The molecule has 0 saturated carbocycles. The molecule has 7 heteroatoms. The second-order valence-corrected chi connectivity index (χ2v) is 6.25. The van der Waals surface area contributed by atoms with Crippen molar-refractivity contribution in [3.63, 3.8) is 0 Å². The van der Waals surface area contributed by atoms with Gasteiger partial charge < -0.3 is 14.6 Å². The molecule has 1 heterocycles. The van der Waals surface area contributed by atoms with E-state index in [9.17, 15) is 14.4 Å². The molecule has 0 spiro atoms. The fourth-order valence-electron chi connectivity index (χ4n) is 3.57. The van der Waals surface area contributed by atoms with Crippen molar-refractivity contribution >= 4 is 23.3 Å². The smallest absolute Gasteiger partial charge is 0.374 e. The topological polar surface area (TPSA) is 90.3 Å². The lowest BCUT2D eigenvalue weighted by Gasteiger charge is -2.29. The van der Waals surface area contributed by atoms with E-state index in [1.165, 1.54) is 13.1 Å². The number of fused-ring (bicyclic) bond motifs is 1. The zero-order chi connectivity index (χ0) is 18.9. The molecule has 26 heavy (non-hydrogen) atoms. The zero-order valence-corrected chi connectivity index (χ0v) is 15.0. The molecule has 0 bridgehead atoms. The quantitative estimate of drug-likeness (QED) is 0.833. The molecule has 1 unspecified atom stereocenters. The molecule has 0 fully saturated rings. The Morgan fingerprint density at radius 2 is 2.12 bits per heavy atom. The molecular formula is C19H21N3O4. The third-order valence-corrected chi connectivity index (χ3v) is 4.77. The van der Waals surface area contributed by atoms with Gasteiger partial charge in [-0.3, -0.25) is 9.59 Å². The Morgan fingerprint density at radius 1 is 1.35 bits per heavy atom. The summed E-state index contributed by atoms with van der Waals surface area (Å²) in [4.78, 5) is 41.2. The lowest BCUT2D eigenvalue weighted by molar-refractivity contribution is -0.114. The van der Waals surface area contributed by atoms with Gasteiger partial charge in [-0.2, -0.15) is 0 Å². The van der Waals surface area contributed by atoms with E-state index in [-0.39, 0.29) is 24.1 Å². The summed E-state index contributed by atoms with van der Waals surface area (Å²) < 4.78 is 6.69. The van der Waals surface area contributed by atoms with Crippen molar-refractivity contribution in [1.82, 2.24) is 9.55 Å². The highest BCUT2D eigenvalue weighted by Gasteiger charge is 2.48. The Balaban J connectivity index is 2.10. The van der Waals surface area contributed by atoms with Crippen LogP contribution in [0.4, 0.5) is 5.69 Å². The molecule has 1 amide bonds. The maximum atomic E-state index is 13.3. The largest absolute Gasteiger partial charge is 0.460 e. The molecule has 1 aliphatic rings. The van der Waals surface area contributed by atoms with Gasteiger partial charge in [-0.05, 0) is 25.0 Å². The number of aromatic nitrogens is 2. The summed E-state index contributed by atoms with van der Waals surface area (Å²) in [6, 6.07) is 5.27. The van der Waals surface area contributed by atoms with Gasteiger partial charge >= 0.3 is 5.97 Å². The van der Waals surface area contributed by atoms with Gasteiger partial charge in [0.05, 0.1) is 6.61 Å². The number of imidazole rings is 1. The van der Waals surface area contributed by atoms with Crippen LogP contribution in [0.15, 0.2) is 30.6 Å². The van der Waals surface area contributed by atoms with Crippen LogP contribution in [-0.2, 0) is 21.5 Å². The van der Waals surface area contributed by atoms with Crippen LogP contribution < -0.4 is 5.32 Å². The molecule has 1 aromatic heterocycles. The summed E-state index contributed by atoms with van der Waals surface area (Å²) in [5.41, 5.74) is 0.992. The lowest BCUT2D eigenvalue weighted by Crippen LogP contribution is -2.41. The maximum absolute atomic E-state index is 13.3. The number of rotatable bonds is 5. The minimum atomic E-state index is -0.963. The van der Waals surface area contributed by atoms with E-state index >= 15 is 0 Å². The van der Waals surface area contributed by atoms with Gasteiger partial charge in [0.25, 0.3) is 0 Å². The normalized spacial score (nSPS) is 18.5. The standard InChI is InChI=1S/C19H21N3O4/c1-4-19(22-10-9-20-17(22)18(25)26-5-2)11-14-13(16(19)24)7-6-8-15(14)21-12(3)23/h6-10H,4-5,11H2,1-3H3,(H,21,23). The van der Waals surface area contributed by atoms with Crippen LogP contribution in [0.3, 0.4) is 0 Å². The number of amides is 1. The monoisotopic (exact) mass is 355 g/mol. The first-order valence-corrected chi connectivity index (χ1v) is 8.59. The van der Waals surface area contributed by atoms with Crippen LogP contribution in [0, 0.1) is 0 Å². The van der Waals surface area contributed by atoms with Crippen molar-refractivity contribution in [2.75, 3.05) is 11.9 Å². The van der Waals surface area contributed by atoms with Crippen LogP contribution in [0.2, 0.25) is 0 Å². The first-order chi connectivity index (χ1) is 12.4. The van der Waals surface area contributed by atoms with E-state index in [2.05, 4.69) is 10.3 Å². The van der Waals surface area contributed by atoms with E-state index in [0.717, 1.165) is 5.56 Å². The van der Waals surface area contributed by atoms with Crippen LogP contribution in [0.25, 0.3) is 0 Å². The fraction of sp³-hybridized carbons (Fsp3) is 0.368. The van der Waals surface area contributed by atoms with Gasteiger partial charge in [-0.15, -0.1) is 0 Å². The summed E-state index contributed by atoms with van der Waals surface area (Å²) in [6.45, 7) is 5.28. The van der Waals surface area contributed by atoms with Crippen molar-refractivity contribution in [3.8, 4) is 0 Å². The molecule has 2 aromatic rings. The average Bonchev–Trinajstić information content (AvgIpc) is 3.20. The Kier molecular flexibility index (Phi) is 4.63. The Morgan fingerprint density at radius 3 is 2.77 bits per heavy atom. The molecule has 1 aliphatic carbocycles. The summed E-state index contributed by atoms with van der Waals surface area (Å²) in [5.74, 6) is -0.743. The molecule has 1 aromatic carbocycles. The van der Waals surface area contributed by atoms with Crippen molar-refractivity contribution in [1.29, 1.82) is 0 Å². The highest BCUT2D eigenvalue weighted by Crippen LogP contribution is 2.42. The fourth-order valence-corrected chi connectivity index (χ4v) is 3.57. The van der Waals surface area contributed by atoms with E-state index in [0.29, 0.717) is 24.1 Å². The van der Waals surface area contributed by atoms with Gasteiger partial charge in [0.2, 0.25) is 11.7 Å². The first-order valence-electron chi connectivity index (χ1n) is 8.59. The molecule has 3 rings (SSSR count). The predicted molar refractivity (Wildman–Crippen MR) is 95.2 cm³/mol. The van der Waals surface area contributed by atoms with E-state index < -0.39 is 11.5 Å². The molecule has 136 valence electrons. The minimum Gasteiger partial charge on any atom is -0.460 e. The Labute approximate surface area is 151 Å². The summed E-state index contributed by atoms with van der Waals surface area (Å²) in [6.07, 6.45) is 3.98. The van der Waals surface area contributed by atoms with E-state index in [4.69, 9.17) is 4.74 Å². The highest BCUT2D eigenvalue weighted by molar-refractivity contribution is 6.09. The molecule has 7 nitrogen and oxygen atoms in total. The van der Waals surface area contributed by atoms with Gasteiger partial charge in [-0.25, -0.2) is 9.78 Å². The van der Waals surface area contributed by atoms with Crippen LogP contribution in [0.1, 0.15) is 53.7 Å². The summed E-state index contributed by atoms with van der Waals surface area (Å²) in [5, 5.41) is 2.78. The number of hydrogen-bond acceptors (Lipinski definition) is 5. The molecule has 0 aliphatic heterocycles. The second-order valence-electron chi connectivity index (χ2n) is 6.25. The average molecular weight is 355 g/mol. The molecule has 1 atom stereocenters. The van der Waals surface area contributed by atoms with Gasteiger partial charge in [0.15, 0.2) is 5.78 Å². The number of carbonyl (C=O) groups is 3. The van der Waals surface area contributed by atoms with Crippen molar-refractivity contribution in [2.45, 2.75) is 39.2 Å². The van der Waals surface area contributed by atoms with Crippen molar-refractivity contribution < 1.29 is 19.1 Å². The van der Waals surface area contributed by atoms with Crippen molar-refractivity contribution in [2.24, 2.45) is 0 Å². The Hall–Kier alpha value is -2.96. The molecular weight excluding hydrogens is 334 g/mol. The lowest BCUT2D eigenvalue weighted by atomic mass is 9.90. The van der Waals surface area contributed by atoms with Gasteiger partial charge in [0.1, 0.15) is 5.54 Å². The maximum Gasteiger partial charge on any atom is 0.374 e. The number of hydrogen-bond donors (Lipinski definition) is 1. The summed E-state index contributed by atoms with van der Waals surface area (Å²) >= 11 is 0. The minimum absolute atomic E-state index is 0.0919. The Bertz CT molecular complexity index is 887. The van der Waals surface area contributed by atoms with Crippen LogP contribution in [0.5, 0.6) is 0 Å². The summed E-state index contributed by atoms with van der Waals surface area (Å²) in [7, 11) is 0. The third-order valence-electron chi connectivity index (χ3n) is 4.77. The number of ether oxygens (including phenoxy) is 1. The number of esters is 1. The number of carbonyl (C=O) groups excluding carboxylic acids is 3.